The minimum Gasteiger partial charge on any atom is -0.504 e. The standard InChI is InChI=1S/C39H39ClN4O6S/c1-18-23-15-20(40)9-13-29(23)51-33(18)26-17-30(42(6)41-26)43-35(47)25-16-24-21(10-11-22-31(24)36(48)44(34(22)46)38(2,3)4)32(39(25,5)37(43)49)19-8-12-28(50-7)27(45)14-19/h8-10,12-15,17,22,24-25,31-32,45H,11,16H2,1-7H3/t22-,24+,25-,31-,32-,39+/m0/s1. The number of fused-ring (bicyclic) bond motifs is 5. The molecule has 1 saturated carbocycles. The van der Waals surface area contributed by atoms with Gasteiger partial charge in [-0.2, -0.15) is 5.10 Å². The molecule has 2 aromatic heterocycles. The second-order valence-electron chi connectivity index (χ2n) is 15.5. The van der Waals surface area contributed by atoms with Crippen LogP contribution in [0.3, 0.4) is 0 Å². The zero-order valence-corrected chi connectivity index (χ0v) is 31.1. The highest BCUT2D eigenvalue weighted by Crippen LogP contribution is 2.64. The lowest BCUT2D eigenvalue weighted by molar-refractivity contribution is -0.145. The molecule has 4 heterocycles. The van der Waals surface area contributed by atoms with Crippen LogP contribution in [0.15, 0.2) is 54.1 Å². The predicted octanol–water partition coefficient (Wildman–Crippen LogP) is 7.01. The van der Waals surface area contributed by atoms with Gasteiger partial charge < -0.3 is 9.84 Å². The summed E-state index contributed by atoms with van der Waals surface area (Å²) in [4.78, 5) is 61.2. The maximum atomic E-state index is 15.0. The van der Waals surface area contributed by atoms with Crippen LogP contribution in [-0.2, 0) is 26.2 Å². The minimum atomic E-state index is -1.27. The molecule has 6 atom stereocenters. The molecule has 51 heavy (non-hydrogen) atoms. The number of carbonyl (C=O) groups is 4. The first-order valence-electron chi connectivity index (χ1n) is 17.1. The van der Waals surface area contributed by atoms with E-state index >= 15 is 4.79 Å². The van der Waals surface area contributed by atoms with Gasteiger partial charge in [-0.1, -0.05) is 29.3 Å². The average molecular weight is 727 g/mol. The summed E-state index contributed by atoms with van der Waals surface area (Å²) in [6.45, 7) is 9.39. The van der Waals surface area contributed by atoms with Gasteiger partial charge in [-0.3, -0.25) is 28.8 Å². The molecule has 264 valence electrons. The van der Waals surface area contributed by atoms with E-state index in [4.69, 9.17) is 21.4 Å². The SMILES string of the molecule is COc1ccc([C@H]2C3=CC[C@@H]4C(=O)N(C(C)(C)C)C(=O)[C@@H]4[C@@H]3C[C@H]3C(=O)N(c4cc(-c5sc6ccc(Cl)cc6c5C)nn4C)C(=O)[C@@]23C)cc1O. The highest BCUT2D eigenvalue weighted by Gasteiger charge is 2.68. The number of hydrogen-bond acceptors (Lipinski definition) is 8. The van der Waals surface area contributed by atoms with Gasteiger partial charge in [0, 0.05) is 34.3 Å². The Balaban J connectivity index is 1.26. The largest absolute Gasteiger partial charge is 0.504 e. The van der Waals surface area contributed by atoms with E-state index in [1.165, 1.54) is 16.9 Å². The monoisotopic (exact) mass is 726 g/mol. The normalized spacial score (nSPS) is 27.6. The Labute approximate surface area is 304 Å². The number of aromatic hydroxyl groups is 1. The Kier molecular flexibility index (Phi) is 7.43. The van der Waals surface area contributed by atoms with Crippen LogP contribution < -0.4 is 9.64 Å². The molecule has 0 bridgehead atoms. The van der Waals surface area contributed by atoms with Gasteiger partial charge >= 0.3 is 0 Å². The van der Waals surface area contributed by atoms with E-state index in [2.05, 4.69) is 0 Å². The van der Waals surface area contributed by atoms with Crippen molar-refractivity contribution in [3.8, 4) is 22.1 Å². The molecule has 2 aliphatic carbocycles. The number of hydrogen-bond donors (Lipinski definition) is 1. The van der Waals surface area contributed by atoms with Crippen molar-refractivity contribution >= 4 is 62.5 Å². The zero-order chi connectivity index (χ0) is 36.5. The lowest BCUT2D eigenvalue weighted by Crippen LogP contribution is -2.49. The van der Waals surface area contributed by atoms with Crippen LogP contribution in [0, 0.1) is 36.0 Å². The number of phenolic OH excluding ortho intramolecular Hbond substituents is 1. The van der Waals surface area contributed by atoms with Gasteiger partial charge in [-0.15, -0.1) is 11.3 Å². The lowest BCUT2D eigenvalue weighted by Gasteiger charge is -2.49. The number of methoxy groups -OCH3 is 1. The van der Waals surface area contributed by atoms with Crippen LogP contribution in [0.4, 0.5) is 5.82 Å². The molecule has 0 spiro atoms. The van der Waals surface area contributed by atoms with E-state index in [9.17, 15) is 19.5 Å². The lowest BCUT2D eigenvalue weighted by atomic mass is 9.51. The van der Waals surface area contributed by atoms with Crippen LogP contribution in [0.25, 0.3) is 20.7 Å². The molecule has 2 aliphatic heterocycles. The first-order chi connectivity index (χ1) is 24.1. The molecular weight excluding hydrogens is 688 g/mol. The number of benzene rings is 2. The van der Waals surface area contributed by atoms with E-state index in [0.29, 0.717) is 28.5 Å². The number of amides is 4. The van der Waals surface area contributed by atoms with Gasteiger partial charge in [0.25, 0.3) is 0 Å². The molecule has 4 aliphatic rings. The molecule has 4 aromatic rings. The molecule has 0 radical (unpaired) electrons. The Bertz CT molecular complexity index is 2250. The second kappa shape index (κ2) is 11.3. The van der Waals surface area contributed by atoms with Crippen LogP contribution in [0.1, 0.15) is 57.6 Å². The van der Waals surface area contributed by atoms with E-state index in [1.54, 1.807) is 41.3 Å². The molecule has 2 saturated heterocycles. The predicted molar refractivity (Wildman–Crippen MR) is 195 cm³/mol. The maximum absolute atomic E-state index is 15.0. The topological polar surface area (TPSA) is 122 Å². The van der Waals surface area contributed by atoms with Crippen LogP contribution in [0.2, 0.25) is 5.02 Å². The second-order valence-corrected chi connectivity index (χ2v) is 17.0. The summed E-state index contributed by atoms with van der Waals surface area (Å²) in [6.07, 6.45) is 2.60. The van der Waals surface area contributed by atoms with E-state index in [-0.39, 0.29) is 41.5 Å². The molecule has 10 nitrogen and oxygen atoms in total. The number of nitrogens with zero attached hydrogens (tertiary/aromatic N) is 4. The molecule has 3 fully saturated rings. The van der Waals surface area contributed by atoms with Crippen molar-refractivity contribution in [2.75, 3.05) is 12.0 Å². The number of imide groups is 2. The zero-order valence-electron chi connectivity index (χ0n) is 29.5. The van der Waals surface area contributed by atoms with Crippen molar-refractivity contribution in [1.82, 2.24) is 14.7 Å². The van der Waals surface area contributed by atoms with Crippen molar-refractivity contribution in [1.29, 1.82) is 0 Å². The third-order valence-electron chi connectivity index (χ3n) is 11.7. The van der Waals surface area contributed by atoms with Crippen LogP contribution in [-0.4, -0.2) is 56.1 Å². The third kappa shape index (κ3) is 4.63. The van der Waals surface area contributed by atoms with E-state index in [0.717, 1.165) is 26.1 Å². The number of carbonyl (C=O) groups excluding carboxylic acids is 4. The number of thiophene rings is 1. The number of allylic oxidation sites excluding steroid dienone is 2. The highest BCUT2D eigenvalue weighted by atomic mass is 35.5. The number of rotatable bonds is 4. The Morgan fingerprint density at radius 1 is 1.02 bits per heavy atom. The van der Waals surface area contributed by atoms with E-state index < -0.39 is 40.5 Å². The minimum absolute atomic E-state index is 0.0949. The van der Waals surface area contributed by atoms with Crippen molar-refractivity contribution in [3.05, 3.63) is 70.3 Å². The highest BCUT2D eigenvalue weighted by molar-refractivity contribution is 7.22. The maximum Gasteiger partial charge on any atom is 0.242 e. The fourth-order valence-corrected chi connectivity index (χ4v) is 10.7. The summed E-state index contributed by atoms with van der Waals surface area (Å²) in [7, 11) is 3.18. The summed E-state index contributed by atoms with van der Waals surface area (Å²) in [5.41, 5.74) is 1.15. The third-order valence-corrected chi connectivity index (χ3v) is 13.2. The fourth-order valence-electron chi connectivity index (χ4n) is 9.38. The first-order valence-corrected chi connectivity index (χ1v) is 18.3. The molecule has 1 N–H and O–H groups in total. The summed E-state index contributed by atoms with van der Waals surface area (Å²) in [5, 5.41) is 17.4. The number of anilines is 1. The summed E-state index contributed by atoms with van der Waals surface area (Å²) in [6, 6.07) is 12.6. The van der Waals surface area contributed by atoms with E-state index in [1.807, 2.05) is 65.0 Å². The summed E-state index contributed by atoms with van der Waals surface area (Å²) < 4.78 is 7.95. The smallest absolute Gasteiger partial charge is 0.242 e. The molecule has 8 rings (SSSR count). The number of halogens is 1. The number of phenols is 1. The summed E-state index contributed by atoms with van der Waals surface area (Å²) in [5.74, 6) is -3.76. The number of aromatic nitrogens is 2. The first kappa shape index (κ1) is 33.7. The Hall–Kier alpha value is -4.48. The molecule has 0 unspecified atom stereocenters. The Morgan fingerprint density at radius 3 is 2.45 bits per heavy atom. The van der Waals surface area contributed by atoms with Crippen molar-refractivity contribution in [2.24, 2.45) is 36.1 Å². The van der Waals surface area contributed by atoms with Gasteiger partial charge in [0.1, 0.15) is 11.5 Å². The van der Waals surface area contributed by atoms with Gasteiger partial charge in [0.15, 0.2) is 11.5 Å². The Morgan fingerprint density at radius 2 is 1.76 bits per heavy atom. The number of aryl methyl sites for hydroxylation is 2. The van der Waals surface area contributed by atoms with Gasteiger partial charge in [-0.05, 0) is 100 Å². The number of ether oxygens (including phenoxy) is 1. The molecule has 12 heteroatoms. The van der Waals surface area contributed by atoms with Crippen LogP contribution >= 0.6 is 22.9 Å². The quantitative estimate of drug-likeness (QED) is 0.177. The molecule has 2 aromatic carbocycles. The number of likely N-dealkylation sites (tertiary alicyclic amines) is 1. The fraction of sp³-hybridized carbons (Fsp3) is 0.410. The van der Waals surface area contributed by atoms with Crippen molar-refractivity contribution in [3.63, 3.8) is 0 Å². The molecular formula is C39H39ClN4O6S. The van der Waals surface area contributed by atoms with Gasteiger partial charge in [-0.25, -0.2) is 4.90 Å². The van der Waals surface area contributed by atoms with Gasteiger partial charge in [0.2, 0.25) is 23.6 Å². The van der Waals surface area contributed by atoms with Gasteiger partial charge in [0.05, 0.1) is 35.2 Å². The van der Waals surface area contributed by atoms with Crippen molar-refractivity contribution < 1.29 is 29.0 Å². The average Bonchev–Trinajstić information content (AvgIpc) is 3.74. The van der Waals surface area contributed by atoms with Crippen LogP contribution in [0.5, 0.6) is 11.5 Å². The molecule has 4 amide bonds. The summed E-state index contributed by atoms with van der Waals surface area (Å²) >= 11 is 7.87. The van der Waals surface area contributed by atoms with Crippen molar-refractivity contribution in [2.45, 2.75) is 58.9 Å².